The van der Waals surface area contributed by atoms with Crippen LogP contribution in [0.4, 0.5) is 0 Å². The molecule has 1 aromatic heterocycles. The molecule has 0 saturated heterocycles. The van der Waals surface area contributed by atoms with Crippen molar-refractivity contribution < 1.29 is 0 Å². The summed E-state index contributed by atoms with van der Waals surface area (Å²) in [5.74, 6) is 0. The average molecular weight is 212 g/mol. The molecule has 1 heterocycles. The third-order valence-corrected chi connectivity index (χ3v) is 2.25. The van der Waals surface area contributed by atoms with E-state index >= 15 is 0 Å². The van der Waals surface area contributed by atoms with Crippen LogP contribution in [-0.4, -0.2) is 20.9 Å². The number of hydrogen-bond donors (Lipinski definition) is 0. The topological polar surface area (TPSA) is 25.8 Å². The van der Waals surface area contributed by atoms with E-state index in [2.05, 4.69) is 9.97 Å². The maximum atomic E-state index is 4.52. The molecule has 74 valence electrons. The van der Waals surface area contributed by atoms with Crippen molar-refractivity contribution in [2.75, 3.05) is 0 Å². The molecule has 0 aliphatic carbocycles. The van der Waals surface area contributed by atoms with E-state index in [0.717, 1.165) is 22.1 Å². The van der Waals surface area contributed by atoms with Crippen molar-refractivity contribution in [3.8, 4) is 0 Å². The summed E-state index contributed by atoms with van der Waals surface area (Å²) in [5, 5.41) is 0. The summed E-state index contributed by atoms with van der Waals surface area (Å²) >= 11 is 0. The van der Waals surface area contributed by atoms with Crippen LogP contribution in [0.1, 0.15) is 0 Å². The summed E-state index contributed by atoms with van der Waals surface area (Å²) in [7, 11) is 0. The molecule has 0 radical (unpaired) electrons. The number of nitrogens with zero attached hydrogens (tertiary/aromatic N) is 2. The Hall–Kier alpha value is -1.74. The van der Waals surface area contributed by atoms with E-state index in [9.17, 15) is 0 Å². The number of rotatable bonds is 0. The van der Waals surface area contributed by atoms with Gasteiger partial charge >= 0.3 is 0 Å². The van der Waals surface area contributed by atoms with Gasteiger partial charge in [-0.3, -0.25) is 0 Å². The predicted molar refractivity (Wildman–Crippen MR) is 68.4 cm³/mol. The van der Waals surface area contributed by atoms with Crippen LogP contribution in [0.2, 0.25) is 0 Å². The molecule has 0 N–H and O–H groups in total. The molecule has 0 amide bonds. The molecule has 0 saturated carbocycles. The largest absolute Gasteiger partial charge is 0.245 e. The van der Waals surface area contributed by atoms with Gasteiger partial charge in [-0.1, -0.05) is 24.3 Å². The van der Waals surface area contributed by atoms with E-state index in [1.54, 1.807) is 0 Å². The quantitative estimate of drug-likeness (QED) is 0.415. The number of benzene rings is 2. The predicted octanol–water partition coefficient (Wildman–Crippen LogP) is 1.33. The molecule has 2 aromatic carbocycles. The summed E-state index contributed by atoms with van der Waals surface area (Å²) < 4.78 is 0. The first kappa shape index (κ1) is 9.80. The van der Waals surface area contributed by atoms with Crippen LogP contribution in [0.25, 0.3) is 22.1 Å². The van der Waals surface area contributed by atoms with Gasteiger partial charge in [0.1, 0.15) is 0 Å². The Balaban J connectivity index is 0.000000853. The Bertz CT molecular complexity index is 502. The van der Waals surface area contributed by atoms with Gasteiger partial charge in [0.25, 0.3) is 0 Å². The second-order valence-corrected chi connectivity index (χ2v) is 3.20. The molecule has 0 fully saturated rings. The standard InChI is InChI=1S/C12H8N2.H4Si/c1-2-6-10-9(5-1)13-11-7-3-4-8-12(11)14-10;/h1-8H;1H4. The molecule has 15 heavy (non-hydrogen) atoms. The highest BCUT2D eigenvalue weighted by Gasteiger charge is 1.98. The van der Waals surface area contributed by atoms with Gasteiger partial charge in [0, 0.05) is 0 Å². The fourth-order valence-corrected chi connectivity index (χ4v) is 1.57. The summed E-state index contributed by atoms with van der Waals surface area (Å²) in [5.41, 5.74) is 3.80. The van der Waals surface area contributed by atoms with Gasteiger partial charge in [-0.15, -0.1) is 0 Å². The van der Waals surface area contributed by atoms with Crippen molar-refractivity contribution in [2.45, 2.75) is 0 Å². The molecule has 3 aromatic rings. The molecular formula is C12H12N2Si. The fourth-order valence-electron chi connectivity index (χ4n) is 1.57. The molecule has 0 spiro atoms. The van der Waals surface area contributed by atoms with Crippen LogP contribution in [0.15, 0.2) is 48.5 Å². The number of fused-ring (bicyclic) bond motifs is 2. The lowest BCUT2D eigenvalue weighted by molar-refractivity contribution is 1.39. The molecule has 0 bridgehead atoms. The maximum absolute atomic E-state index is 4.52. The van der Waals surface area contributed by atoms with Crippen LogP contribution in [-0.2, 0) is 0 Å². The zero-order valence-electron chi connectivity index (χ0n) is 7.51. The van der Waals surface area contributed by atoms with Gasteiger partial charge in [-0.05, 0) is 35.2 Å². The number of hydrogen-bond acceptors (Lipinski definition) is 2. The summed E-state index contributed by atoms with van der Waals surface area (Å²) in [6.07, 6.45) is 0. The normalized spacial score (nSPS) is 10.1. The van der Waals surface area contributed by atoms with E-state index in [-0.39, 0.29) is 11.0 Å². The highest BCUT2D eigenvalue weighted by atomic mass is 28.1. The second-order valence-electron chi connectivity index (χ2n) is 3.20. The smallest absolute Gasteiger partial charge is 0.0894 e. The zero-order chi connectivity index (χ0) is 9.38. The van der Waals surface area contributed by atoms with Crippen molar-refractivity contribution in [3.63, 3.8) is 0 Å². The summed E-state index contributed by atoms with van der Waals surface area (Å²) in [4.78, 5) is 9.03. The highest BCUT2D eigenvalue weighted by molar-refractivity contribution is 5.85. The van der Waals surface area contributed by atoms with Crippen LogP contribution in [0, 0.1) is 0 Å². The van der Waals surface area contributed by atoms with Crippen molar-refractivity contribution in [3.05, 3.63) is 48.5 Å². The minimum Gasteiger partial charge on any atom is -0.245 e. The lowest BCUT2D eigenvalue weighted by Gasteiger charge is -1.98. The zero-order valence-corrected chi connectivity index (χ0v) is 7.51. The van der Waals surface area contributed by atoms with E-state index in [0.29, 0.717) is 0 Å². The monoisotopic (exact) mass is 212 g/mol. The fraction of sp³-hybridized carbons (Fsp3) is 0. The summed E-state index contributed by atoms with van der Waals surface area (Å²) in [6, 6.07) is 15.8. The Morgan fingerprint density at radius 2 is 0.800 bits per heavy atom. The van der Waals surface area contributed by atoms with Crippen LogP contribution >= 0.6 is 0 Å². The van der Waals surface area contributed by atoms with Crippen molar-refractivity contribution in [2.24, 2.45) is 0 Å². The molecular weight excluding hydrogens is 200 g/mol. The van der Waals surface area contributed by atoms with Crippen LogP contribution in [0.3, 0.4) is 0 Å². The third-order valence-electron chi connectivity index (χ3n) is 2.25. The lowest BCUT2D eigenvalue weighted by Crippen LogP contribution is -1.85. The first-order valence-corrected chi connectivity index (χ1v) is 4.55. The number of aromatic nitrogens is 2. The Kier molecular flexibility index (Phi) is 2.47. The lowest BCUT2D eigenvalue weighted by atomic mass is 10.2. The Morgan fingerprint density at radius 1 is 0.533 bits per heavy atom. The molecule has 0 aliphatic rings. The minimum atomic E-state index is 0. The molecule has 0 atom stereocenters. The van der Waals surface area contributed by atoms with Gasteiger partial charge in [0.15, 0.2) is 0 Å². The van der Waals surface area contributed by atoms with Crippen LogP contribution in [0.5, 0.6) is 0 Å². The SMILES string of the molecule is [SiH4].c1ccc2nc3ccccc3nc2c1. The van der Waals surface area contributed by atoms with Crippen LogP contribution < -0.4 is 0 Å². The number of para-hydroxylation sites is 4. The summed E-state index contributed by atoms with van der Waals surface area (Å²) in [6.45, 7) is 0. The first-order valence-electron chi connectivity index (χ1n) is 4.55. The molecule has 3 rings (SSSR count). The molecule has 0 unspecified atom stereocenters. The third kappa shape index (κ3) is 1.61. The van der Waals surface area contributed by atoms with Crippen molar-refractivity contribution in [1.29, 1.82) is 0 Å². The average Bonchev–Trinajstić information content (AvgIpc) is 2.26. The molecule has 0 aliphatic heterocycles. The van der Waals surface area contributed by atoms with E-state index < -0.39 is 0 Å². The van der Waals surface area contributed by atoms with E-state index in [4.69, 9.17) is 0 Å². The van der Waals surface area contributed by atoms with Gasteiger partial charge in [-0.25, -0.2) is 9.97 Å². The van der Waals surface area contributed by atoms with Gasteiger partial charge in [0.2, 0.25) is 0 Å². The maximum Gasteiger partial charge on any atom is 0.0894 e. The van der Waals surface area contributed by atoms with E-state index in [1.807, 2.05) is 48.5 Å². The van der Waals surface area contributed by atoms with Crippen molar-refractivity contribution in [1.82, 2.24) is 9.97 Å². The molecule has 3 heteroatoms. The Morgan fingerprint density at radius 3 is 1.07 bits per heavy atom. The first-order chi connectivity index (χ1) is 6.93. The molecule has 2 nitrogen and oxygen atoms in total. The Labute approximate surface area is 92.0 Å². The second kappa shape index (κ2) is 3.79. The van der Waals surface area contributed by atoms with Gasteiger partial charge in [0.05, 0.1) is 22.1 Å². The minimum absolute atomic E-state index is 0. The van der Waals surface area contributed by atoms with Gasteiger partial charge in [-0.2, -0.15) is 0 Å². The van der Waals surface area contributed by atoms with E-state index in [1.165, 1.54) is 0 Å². The highest BCUT2D eigenvalue weighted by Crippen LogP contribution is 2.14. The van der Waals surface area contributed by atoms with Crippen molar-refractivity contribution >= 4 is 33.0 Å². The van der Waals surface area contributed by atoms with Gasteiger partial charge < -0.3 is 0 Å².